The van der Waals surface area contributed by atoms with E-state index in [1.54, 1.807) is 0 Å². The third kappa shape index (κ3) is 3.95. The number of hydrogen-bond donors (Lipinski definition) is 3. The fourth-order valence-corrected chi connectivity index (χ4v) is 3.35. The molecule has 0 aromatic carbocycles. The van der Waals surface area contributed by atoms with Crippen LogP contribution >= 0.6 is 0 Å². The number of hydrogen-bond acceptors (Lipinski definition) is 3. The SMILES string of the molecule is O=C(CCC1CCCCN1)NC1(C(=O)O)CCCCC1. The van der Waals surface area contributed by atoms with Gasteiger partial charge < -0.3 is 15.7 Å². The zero-order valence-electron chi connectivity index (χ0n) is 12.1. The quantitative estimate of drug-likeness (QED) is 0.718. The number of carboxylic acid groups (broad SMARTS) is 1. The van der Waals surface area contributed by atoms with Crippen LogP contribution in [-0.4, -0.2) is 35.1 Å². The van der Waals surface area contributed by atoms with Crippen molar-refractivity contribution < 1.29 is 14.7 Å². The maximum Gasteiger partial charge on any atom is 0.329 e. The summed E-state index contributed by atoms with van der Waals surface area (Å²) in [7, 11) is 0. The first-order chi connectivity index (χ1) is 9.62. The molecule has 0 aromatic rings. The first-order valence-corrected chi connectivity index (χ1v) is 7.90. The Morgan fingerprint density at radius 1 is 1.15 bits per heavy atom. The Balaban J connectivity index is 1.80. The van der Waals surface area contributed by atoms with E-state index in [-0.39, 0.29) is 5.91 Å². The first kappa shape index (κ1) is 15.3. The molecule has 0 aromatic heterocycles. The monoisotopic (exact) mass is 282 g/mol. The highest BCUT2D eigenvalue weighted by Gasteiger charge is 2.40. The molecule has 0 spiro atoms. The van der Waals surface area contributed by atoms with Gasteiger partial charge in [0.1, 0.15) is 5.54 Å². The summed E-state index contributed by atoms with van der Waals surface area (Å²) in [5.74, 6) is -0.983. The van der Waals surface area contributed by atoms with Crippen LogP contribution in [-0.2, 0) is 9.59 Å². The molecule has 3 N–H and O–H groups in total. The van der Waals surface area contributed by atoms with Crippen LogP contribution in [0.1, 0.15) is 64.2 Å². The predicted octanol–water partition coefficient (Wildman–Crippen LogP) is 1.81. The first-order valence-electron chi connectivity index (χ1n) is 7.90. The predicted molar refractivity (Wildman–Crippen MR) is 76.5 cm³/mol. The van der Waals surface area contributed by atoms with Gasteiger partial charge in [0.05, 0.1) is 0 Å². The second-order valence-electron chi connectivity index (χ2n) is 6.18. The van der Waals surface area contributed by atoms with E-state index in [0.717, 1.165) is 38.6 Å². The van der Waals surface area contributed by atoms with Crippen LogP contribution in [0, 0.1) is 0 Å². The number of carboxylic acids is 1. The lowest BCUT2D eigenvalue weighted by atomic mass is 9.81. The lowest BCUT2D eigenvalue weighted by Gasteiger charge is -2.34. The molecule has 5 nitrogen and oxygen atoms in total. The van der Waals surface area contributed by atoms with Crippen LogP contribution in [0.5, 0.6) is 0 Å². The van der Waals surface area contributed by atoms with Gasteiger partial charge in [0.2, 0.25) is 5.91 Å². The zero-order chi connectivity index (χ0) is 14.4. The number of aliphatic carboxylic acids is 1. The Hall–Kier alpha value is -1.10. The van der Waals surface area contributed by atoms with Crippen LogP contribution in [0.15, 0.2) is 0 Å². The molecule has 1 atom stereocenters. The van der Waals surface area contributed by atoms with Gasteiger partial charge in [-0.1, -0.05) is 25.7 Å². The van der Waals surface area contributed by atoms with E-state index in [1.165, 1.54) is 12.8 Å². The second-order valence-corrected chi connectivity index (χ2v) is 6.18. The largest absolute Gasteiger partial charge is 0.480 e. The fourth-order valence-electron chi connectivity index (χ4n) is 3.35. The fraction of sp³-hybridized carbons (Fsp3) is 0.867. The Kier molecular flexibility index (Phi) is 5.40. The molecule has 1 aliphatic carbocycles. The normalized spacial score (nSPS) is 25.9. The van der Waals surface area contributed by atoms with Crippen molar-refractivity contribution in [3.63, 3.8) is 0 Å². The number of amides is 1. The van der Waals surface area contributed by atoms with E-state index < -0.39 is 11.5 Å². The molecule has 114 valence electrons. The van der Waals surface area contributed by atoms with E-state index in [9.17, 15) is 14.7 Å². The minimum Gasteiger partial charge on any atom is -0.480 e. The molecule has 5 heteroatoms. The van der Waals surface area contributed by atoms with Gasteiger partial charge in [-0.15, -0.1) is 0 Å². The number of piperidine rings is 1. The molecule has 0 radical (unpaired) electrons. The number of carbonyl (C=O) groups is 2. The standard InChI is InChI=1S/C15H26N2O3/c18-13(8-7-12-6-2-5-11-16-12)17-15(14(19)20)9-3-1-4-10-15/h12,16H,1-11H2,(H,17,18)(H,19,20). The summed E-state index contributed by atoms with van der Waals surface area (Å²) in [5, 5.41) is 15.6. The van der Waals surface area contributed by atoms with E-state index in [2.05, 4.69) is 10.6 Å². The molecule has 1 heterocycles. The highest BCUT2D eigenvalue weighted by Crippen LogP contribution is 2.28. The third-order valence-electron chi connectivity index (χ3n) is 4.63. The Bertz CT molecular complexity index is 345. The van der Waals surface area contributed by atoms with Crippen molar-refractivity contribution in [2.75, 3.05) is 6.54 Å². The van der Waals surface area contributed by atoms with Crippen molar-refractivity contribution in [2.45, 2.75) is 75.8 Å². The number of nitrogens with one attached hydrogen (secondary N) is 2. The average Bonchev–Trinajstić information content (AvgIpc) is 2.47. The van der Waals surface area contributed by atoms with Gasteiger partial charge in [-0.25, -0.2) is 4.79 Å². The number of rotatable bonds is 5. The van der Waals surface area contributed by atoms with Crippen molar-refractivity contribution in [2.24, 2.45) is 0 Å². The maximum absolute atomic E-state index is 12.1. The topological polar surface area (TPSA) is 78.4 Å². The summed E-state index contributed by atoms with van der Waals surface area (Å²) < 4.78 is 0. The summed E-state index contributed by atoms with van der Waals surface area (Å²) in [6, 6.07) is 0.418. The van der Waals surface area contributed by atoms with Gasteiger partial charge in [-0.2, -0.15) is 0 Å². The minimum absolute atomic E-state index is 0.110. The third-order valence-corrected chi connectivity index (χ3v) is 4.63. The highest BCUT2D eigenvalue weighted by atomic mass is 16.4. The molecule has 2 aliphatic rings. The van der Waals surface area contributed by atoms with Gasteiger partial charge in [0.15, 0.2) is 0 Å². The van der Waals surface area contributed by atoms with Crippen LogP contribution in [0.25, 0.3) is 0 Å². The van der Waals surface area contributed by atoms with Crippen LogP contribution in [0.4, 0.5) is 0 Å². The molecule has 1 unspecified atom stereocenters. The molecule has 1 saturated heterocycles. The summed E-state index contributed by atoms with van der Waals surface area (Å²) in [6.45, 7) is 1.03. The molecular weight excluding hydrogens is 256 g/mol. The maximum atomic E-state index is 12.1. The molecule has 2 rings (SSSR count). The van der Waals surface area contributed by atoms with Crippen molar-refractivity contribution in [1.82, 2.24) is 10.6 Å². The molecular formula is C15H26N2O3. The van der Waals surface area contributed by atoms with E-state index >= 15 is 0 Å². The minimum atomic E-state index is -1.00. The van der Waals surface area contributed by atoms with Gasteiger partial charge in [0, 0.05) is 12.5 Å². The second kappa shape index (κ2) is 7.07. The van der Waals surface area contributed by atoms with Gasteiger partial charge >= 0.3 is 5.97 Å². The van der Waals surface area contributed by atoms with E-state index in [4.69, 9.17) is 0 Å². The Morgan fingerprint density at radius 3 is 2.50 bits per heavy atom. The Labute approximate surface area is 120 Å². The van der Waals surface area contributed by atoms with E-state index in [0.29, 0.717) is 25.3 Å². The van der Waals surface area contributed by atoms with Gasteiger partial charge in [0.25, 0.3) is 0 Å². The molecule has 20 heavy (non-hydrogen) atoms. The van der Waals surface area contributed by atoms with Gasteiger partial charge in [-0.05, 0) is 38.6 Å². The van der Waals surface area contributed by atoms with Crippen molar-refractivity contribution >= 4 is 11.9 Å². The smallest absolute Gasteiger partial charge is 0.329 e. The van der Waals surface area contributed by atoms with Crippen LogP contribution < -0.4 is 10.6 Å². The van der Waals surface area contributed by atoms with Crippen molar-refractivity contribution in [3.05, 3.63) is 0 Å². The highest BCUT2D eigenvalue weighted by molar-refractivity contribution is 5.87. The van der Waals surface area contributed by atoms with Crippen molar-refractivity contribution in [1.29, 1.82) is 0 Å². The van der Waals surface area contributed by atoms with Crippen LogP contribution in [0.3, 0.4) is 0 Å². The molecule has 1 saturated carbocycles. The molecule has 1 amide bonds. The summed E-state index contributed by atoms with van der Waals surface area (Å²) >= 11 is 0. The lowest BCUT2D eigenvalue weighted by molar-refractivity contribution is -0.149. The molecule has 1 aliphatic heterocycles. The Morgan fingerprint density at radius 2 is 1.90 bits per heavy atom. The van der Waals surface area contributed by atoms with Gasteiger partial charge in [-0.3, -0.25) is 4.79 Å². The van der Waals surface area contributed by atoms with Crippen molar-refractivity contribution in [3.8, 4) is 0 Å². The molecule has 2 fully saturated rings. The van der Waals surface area contributed by atoms with Crippen LogP contribution in [0.2, 0.25) is 0 Å². The number of carbonyl (C=O) groups excluding carboxylic acids is 1. The van der Waals surface area contributed by atoms with E-state index in [1.807, 2.05) is 0 Å². The summed E-state index contributed by atoms with van der Waals surface area (Å²) in [6.07, 6.45) is 8.75. The lowest BCUT2D eigenvalue weighted by Crippen LogP contribution is -2.55. The molecule has 0 bridgehead atoms. The summed E-state index contributed by atoms with van der Waals surface area (Å²) in [5.41, 5.74) is -1.00. The average molecular weight is 282 g/mol. The summed E-state index contributed by atoms with van der Waals surface area (Å²) in [4.78, 5) is 23.6. The zero-order valence-corrected chi connectivity index (χ0v) is 12.1.